The minimum atomic E-state index is -0.717. The van der Waals surface area contributed by atoms with Gasteiger partial charge in [-0.25, -0.2) is 9.37 Å². The third kappa shape index (κ3) is 4.06. The molecule has 0 saturated carbocycles. The highest BCUT2D eigenvalue weighted by Crippen LogP contribution is 2.22. The molecule has 1 aromatic heterocycles. The highest BCUT2D eigenvalue weighted by Gasteiger charge is 2.16. The van der Waals surface area contributed by atoms with Crippen molar-refractivity contribution in [1.82, 2.24) is 9.97 Å². The van der Waals surface area contributed by atoms with Gasteiger partial charge in [0.2, 0.25) is 0 Å². The number of thioether (sulfide) groups is 1. The van der Waals surface area contributed by atoms with Gasteiger partial charge >= 0.3 is 5.97 Å². The number of rotatable bonds is 5. The van der Waals surface area contributed by atoms with Crippen molar-refractivity contribution in [2.75, 3.05) is 5.75 Å². The largest absolute Gasteiger partial charge is 0.454 e. The Labute approximate surface area is 147 Å². The number of fused-ring (bicyclic) bond motifs is 1. The molecule has 0 aliphatic carbocycles. The molecule has 0 radical (unpaired) electrons. The molecule has 1 atom stereocenters. The number of ether oxygens (including phenoxy) is 1. The second kappa shape index (κ2) is 7.48. The van der Waals surface area contributed by atoms with Crippen LogP contribution in [0.3, 0.4) is 0 Å². The van der Waals surface area contributed by atoms with Gasteiger partial charge in [-0.3, -0.25) is 9.59 Å². The number of aromatic nitrogens is 2. The molecule has 0 aliphatic heterocycles. The van der Waals surface area contributed by atoms with E-state index in [1.54, 1.807) is 49.4 Å². The zero-order valence-electron chi connectivity index (χ0n) is 13.4. The van der Waals surface area contributed by atoms with E-state index in [9.17, 15) is 14.0 Å². The first-order valence-corrected chi connectivity index (χ1v) is 8.59. The second-order valence-electron chi connectivity index (χ2n) is 5.32. The summed E-state index contributed by atoms with van der Waals surface area (Å²) < 4.78 is 18.8. The first kappa shape index (κ1) is 17.2. The Balaban J connectivity index is 1.67. The van der Waals surface area contributed by atoms with Crippen LogP contribution in [0.25, 0.3) is 10.9 Å². The normalized spacial score (nSPS) is 12.1. The van der Waals surface area contributed by atoms with Crippen LogP contribution in [-0.4, -0.2) is 21.7 Å². The van der Waals surface area contributed by atoms with Crippen molar-refractivity contribution >= 4 is 28.6 Å². The number of benzene rings is 2. The van der Waals surface area contributed by atoms with E-state index in [1.165, 1.54) is 6.07 Å². The summed E-state index contributed by atoms with van der Waals surface area (Å²) in [6.07, 6.45) is -0.717. The lowest BCUT2D eigenvalue weighted by atomic mass is 10.2. The van der Waals surface area contributed by atoms with Gasteiger partial charge in [0.1, 0.15) is 5.82 Å². The lowest BCUT2D eigenvalue weighted by molar-refractivity contribution is -0.145. The molecule has 128 valence electrons. The van der Waals surface area contributed by atoms with Gasteiger partial charge in [-0.1, -0.05) is 24.3 Å². The van der Waals surface area contributed by atoms with Crippen LogP contribution < -0.4 is 5.56 Å². The SMILES string of the molecule is CC(OC(=O)CSc1ccccc1F)c1nc2ccccc2c(=O)[nH]1. The molecule has 3 rings (SSSR count). The standard InChI is InChI=1S/C18H15FN2O3S/c1-11(17-20-14-8-4-2-6-12(14)18(23)21-17)24-16(22)10-25-15-9-5-3-7-13(15)19/h2-9,11H,10H2,1H3,(H,20,21,23). The predicted molar refractivity (Wildman–Crippen MR) is 94.0 cm³/mol. The van der Waals surface area contributed by atoms with E-state index in [4.69, 9.17) is 4.74 Å². The second-order valence-corrected chi connectivity index (χ2v) is 6.34. The lowest BCUT2D eigenvalue weighted by Gasteiger charge is -2.13. The number of para-hydroxylation sites is 1. The van der Waals surface area contributed by atoms with E-state index in [-0.39, 0.29) is 23.0 Å². The molecule has 5 nitrogen and oxygen atoms in total. The summed E-state index contributed by atoms with van der Waals surface area (Å²) in [5, 5.41) is 0.472. The molecule has 2 aromatic carbocycles. The molecule has 0 bridgehead atoms. The van der Waals surface area contributed by atoms with E-state index in [2.05, 4.69) is 9.97 Å². The molecule has 1 N–H and O–H groups in total. The first-order valence-electron chi connectivity index (χ1n) is 7.60. The molecule has 0 amide bonds. The number of carbonyl (C=O) groups is 1. The fraction of sp³-hybridized carbons (Fsp3) is 0.167. The monoisotopic (exact) mass is 358 g/mol. The topological polar surface area (TPSA) is 72.0 Å². The Morgan fingerprint density at radius 3 is 2.76 bits per heavy atom. The van der Waals surface area contributed by atoms with E-state index in [1.807, 2.05) is 0 Å². The fourth-order valence-corrected chi connectivity index (χ4v) is 3.00. The average molecular weight is 358 g/mol. The van der Waals surface area contributed by atoms with Crippen molar-refractivity contribution in [2.45, 2.75) is 17.9 Å². The van der Waals surface area contributed by atoms with Crippen molar-refractivity contribution in [1.29, 1.82) is 0 Å². The molecule has 3 aromatic rings. The van der Waals surface area contributed by atoms with Gasteiger partial charge < -0.3 is 9.72 Å². The van der Waals surface area contributed by atoms with Gasteiger partial charge in [-0.05, 0) is 31.2 Å². The Morgan fingerprint density at radius 2 is 1.96 bits per heavy atom. The number of nitrogens with zero attached hydrogens (tertiary/aromatic N) is 1. The molecule has 25 heavy (non-hydrogen) atoms. The van der Waals surface area contributed by atoms with Crippen LogP contribution in [0, 0.1) is 5.82 Å². The summed E-state index contributed by atoms with van der Waals surface area (Å²) in [5.41, 5.74) is 0.245. The minimum absolute atomic E-state index is 0.0386. The molecule has 0 aliphatic rings. The van der Waals surface area contributed by atoms with Crippen LogP contribution in [0.5, 0.6) is 0 Å². The van der Waals surface area contributed by atoms with Crippen LogP contribution in [0.1, 0.15) is 18.9 Å². The summed E-state index contributed by atoms with van der Waals surface area (Å²) in [7, 11) is 0. The van der Waals surface area contributed by atoms with Crippen molar-refractivity contribution in [3.63, 3.8) is 0 Å². The molecular weight excluding hydrogens is 343 g/mol. The highest BCUT2D eigenvalue weighted by atomic mass is 32.2. The lowest BCUT2D eigenvalue weighted by Crippen LogP contribution is -2.18. The molecular formula is C18H15FN2O3S. The smallest absolute Gasteiger partial charge is 0.316 e. The fourth-order valence-electron chi connectivity index (χ4n) is 2.28. The molecule has 0 spiro atoms. The number of nitrogens with one attached hydrogen (secondary N) is 1. The number of aromatic amines is 1. The summed E-state index contributed by atoms with van der Waals surface area (Å²) in [6, 6.07) is 13.1. The Bertz CT molecular complexity index is 974. The minimum Gasteiger partial charge on any atom is -0.454 e. The zero-order valence-corrected chi connectivity index (χ0v) is 14.2. The number of hydrogen-bond acceptors (Lipinski definition) is 5. The maximum absolute atomic E-state index is 13.5. The molecule has 0 fully saturated rings. The quantitative estimate of drug-likeness (QED) is 0.559. The molecule has 0 saturated heterocycles. The third-order valence-electron chi connectivity index (χ3n) is 3.51. The van der Waals surface area contributed by atoms with Crippen molar-refractivity contribution in [3.8, 4) is 0 Å². The van der Waals surface area contributed by atoms with Gasteiger partial charge in [0, 0.05) is 4.90 Å². The number of hydrogen-bond donors (Lipinski definition) is 1. The van der Waals surface area contributed by atoms with Crippen molar-refractivity contribution < 1.29 is 13.9 Å². The predicted octanol–water partition coefficient (Wildman–Crippen LogP) is 3.46. The van der Waals surface area contributed by atoms with Crippen LogP contribution in [0.4, 0.5) is 4.39 Å². The average Bonchev–Trinajstić information content (AvgIpc) is 2.61. The number of H-pyrrole nitrogens is 1. The zero-order chi connectivity index (χ0) is 17.8. The van der Waals surface area contributed by atoms with E-state index >= 15 is 0 Å². The number of halogens is 1. The summed E-state index contributed by atoms with van der Waals surface area (Å²) in [6.45, 7) is 1.62. The van der Waals surface area contributed by atoms with Gasteiger partial charge in [0.25, 0.3) is 5.56 Å². The van der Waals surface area contributed by atoms with Gasteiger partial charge in [0.05, 0.1) is 16.7 Å². The van der Waals surface area contributed by atoms with E-state index < -0.39 is 12.1 Å². The Hall–Kier alpha value is -2.67. The number of esters is 1. The molecule has 1 unspecified atom stereocenters. The van der Waals surface area contributed by atoms with Gasteiger partial charge in [-0.2, -0.15) is 0 Å². The summed E-state index contributed by atoms with van der Waals surface area (Å²) >= 11 is 1.06. The summed E-state index contributed by atoms with van der Waals surface area (Å²) in [4.78, 5) is 31.4. The van der Waals surface area contributed by atoms with Gasteiger partial charge in [0.15, 0.2) is 11.9 Å². The van der Waals surface area contributed by atoms with Crippen LogP contribution >= 0.6 is 11.8 Å². The van der Waals surface area contributed by atoms with Crippen LogP contribution in [0.15, 0.2) is 58.2 Å². The third-order valence-corrected chi connectivity index (χ3v) is 4.53. The first-order chi connectivity index (χ1) is 12.0. The van der Waals surface area contributed by atoms with Crippen LogP contribution in [-0.2, 0) is 9.53 Å². The molecule has 7 heteroatoms. The highest BCUT2D eigenvalue weighted by molar-refractivity contribution is 8.00. The maximum Gasteiger partial charge on any atom is 0.316 e. The van der Waals surface area contributed by atoms with Crippen LogP contribution in [0.2, 0.25) is 0 Å². The van der Waals surface area contributed by atoms with Crippen molar-refractivity contribution in [2.24, 2.45) is 0 Å². The maximum atomic E-state index is 13.5. The van der Waals surface area contributed by atoms with Gasteiger partial charge in [-0.15, -0.1) is 11.8 Å². The number of carbonyl (C=O) groups excluding carboxylic acids is 1. The summed E-state index contributed by atoms with van der Waals surface area (Å²) in [5.74, 6) is -0.665. The Kier molecular flexibility index (Phi) is 5.14. The molecule has 1 heterocycles. The van der Waals surface area contributed by atoms with Crippen molar-refractivity contribution in [3.05, 3.63) is 70.5 Å². The van der Waals surface area contributed by atoms with E-state index in [0.717, 1.165) is 11.8 Å². The van der Waals surface area contributed by atoms with E-state index in [0.29, 0.717) is 15.8 Å². The Morgan fingerprint density at radius 1 is 1.24 bits per heavy atom.